The molecule has 6 N–H and O–H groups in total. The number of rotatable bonds is 10. The number of carbonyl (C=O) groups excluding carboxylic acids is 1. The van der Waals surface area contributed by atoms with Crippen molar-refractivity contribution in [2.75, 3.05) is 0 Å². The topological polar surface area (TPSA) is 111 Å². The Bertz CT molecular complexity index is 758. The Morgan fingerprint density at radius 3 is 2.54 bits per heavy atom. The van der Waals surface area contributed by atoms with Crippen LogP contribution in [0.25, 0.3) is 10.9 Å². The first-order valence-electron chi connectivity index (χ1n) is 10.2. The molecule has 1 aromatic heterocycles. The fraction of sp³-hybridized carbons (Fsp3) is 0.591. The van der Waals surface area contributed by atoms with Gasteiger partial charge in [-0.25, -0.2) is 0 Å². The molecule has 28 heavy (non-hydrogen) atoms. The number of aliphatic hydroxyl groups is 2. The van der Waals surface area contributed by atoms with Gasteiger partial charge in [-0.3, -0.25) is 4.79 Å². The number of aliphatic hydroxyl groups excluding tert-OH is 2. The summed E-state index contributed by atoms with van der Waals surface area (Å²) in [5.74, 6) is -0.0297. The minimum Gasteiger partial charge on any atom is -0.390 e. The lowest BCUT2D eigenvalue weighted by Gasteiger charge is -2.30. The molecule has 0 aliphatic heterocycles. The monoisotopic (exact) mass is 389 g/mol. The quantitative estimate of drug-likeness (QED) is 0.429. The van der Waals surface area contributed by atoms with E-state index in [1.54, 1.807) is 0 Å². The first kappa shape index (κ1) is 22.4. The van der Waals surface area contributed by atoms with Crippen molar-refractivity contribution < 1.29 is 15.0 Å². The molecular weight excluding hydrogens is 354 g/mol. The zero-order chi connectivity index (χ0) is 20.8. The maximum absolute atomic E-state index is 12.7. The molecule has 6 nitrogen and oxygen atoms in total. The fourth-order valence-electron chi connectivity index (χ4n) is 3.48. The minimum absolute atomic E-state index is 0.0338. The molecule has 5 atom stereocenters. The fourth-order valence-corrected chi connectivity index (χ4v) is 3.48. The van der Waals surface area contributed by atoms with Crippen LogP contribution in [0.3, 0.4) is 0 Å². The largest absolute Gasteiger partial charge is 0.390 e. The van der Waals surface area contributed by atoms with Crippen molar-refractivity contribution in [2.24, 2.45) is 17.6 Å². The van der Waals surface area contributed by atoms with Crippen molar-refractivity contribution in [3.05, 3.63) is 36.0 Å². The summed E-state index contributed by atoms with van der Waals surface area (Å²) >= 11 is 0. The number of aromatic nitrogens is 1. The van der Waals surface area contributed by atoms with Crippen LogP contribution in [0.5, 0.6) is 0 Å². The third-order valence-electron chi connectivity index (χ3n) is 5.52. The predicted molar refractivity (Wildman–Crippen MR) is 113 cm³/mol. The number of fused-ring (bicyclic) bond motifs is 1. The Kier molecular flexibility index (Phi) is 8.04. The standard InChI is InChI=1S/C22H35N3O3/c1-5-14(4)20(23)22(28)25-18(21(27)19(26)10-13(2)3)11-15-12-24-17-9-7-6-8-16(15)17/h6-9,12-14,18-21,24,26-27H,5,10-11,23H2,1-4H3,(H,25,28)/t14?,18-,19-,20-,21+/m0/s1. The number of carbonyl (C=O) groups is 1. The highest BCUT2D eigenvalue weighted by molar-refractivity contribution is 5.84. The van der Waals surface area contributed by atoms with Crippen LogP contribution in [-0.4, -0.2) is 45.4 Å². The number of H-pyrrole nitrogens is 1. The Morgan fingerprint density at radius 2 is 1.89 bits per heavy atom. The van der Waals surface area contributed by atoms with Crippen LogP contribution in [0.2, 0.25) is 0 Å². The highest BCUT2D eigenvalue weighted by Crippen LogP contribution is 2.21. The van der Waals surface area contributed by atoms with Gasteiger partial charge in [0.2, 0.25) is 5.91 Å². The molecule has 1 heterocycles. The number of benzene rings is 1. The van der Waals surface area contributed by atoms with E-state index in [2.05, 4.69) is 10.3 Å². The molecule has 1 amide bonds. The number of hydrogen-bond acceptors (Lipinski definition) is 4. The molecule has 0 aliphatic carbocycles. The summed E-state index contributed by atoms with van der Waals surface area (Å²) in [4.78, 5) is 15.9. The molecule has 2 aromatic rings. The van der Waals surface area contributed by atoms with Crippen LogP contribution >= 0.6 is 0 Å². The Labute approximate surface area is 167 Å². The lowest BCUT2D eigenvalue weighted by atomic mass is 9.92. The molecule has 0 bridgehead atoms. The van der Waals surface area contributed by atoms with Gasteiger partial charge >= 0.3 is 0 Å². The molecule has 0 saturated heterocycles. The van der Waals surface area contributed by atoms with Gasteiger partial charge in [-0.05, 0) is 36.3 Å². The maximum atomic E-state index is 12.7. The average molecular weight is 390 g/mol. The zero-order valence-electron chi connectivity index (χ0n) is 17.4. The molecule has 156 valence electrons. The first-order chi connectivity index (χ1) is 13.2. The van der Waals surface area contributed by atoms with Gasteiger partial charge in [0.25, 0.3) is 0 Å². The summed E-state index contributed by atoms with van der Waals surface area (Å²) in [7, 11) is 0. The molecule has 0 aliphatic rings. The van der Waals surface area contributed by atoms with Crippen molar-refractivity contribution in [1.29, 1.82) is 0 Å². The third-order valence-corrected chi connectivity index (χ3v) is 5.52. The Balaban J connectivity index is 2.23. The van der Waals surface area contributed by atoms with Gasteiger partial charge in [0, 0.05) is 17.1 Å². The van der Waals surface area contributed by atoms with E-state index in [4.69, 9.17) is 5.73 Å². The van der Waals surface area contributed by atoms with E-state index in [1.165, 1.54) is 0 Å². The van der Waals surface area contributed by atoms with Gasteiger partial charge in [0.1, 0.15) is 6.10 Å². The summed E-state index contributed by atoms with van der Waals surface area (Å²) in [6.45, 7) is 7.90. The van der Waals surface area contributed by atoms with Gasteiger partial charge in [0.05, 0.1) is 18.2 Å². The van der Waals surface area contributed by atoms with E-state index in [0.717, 1.165) is 22.9 Å². The second-order valence-electron chi connectivity index (χ2n) is 8.28. The summed E-state index contributed by atoms with van der Waals surface area (Å²) in [6, 6.07) is 6.61. The van der Waals surface area contributed by atoms with Gasteiger partial charge in [-0.2, -0.15) is 0 Å². The molecule has 0 fully saturated rings. The molecule has 0 radical (unpaired) electrons. The van der Waals surface area contributed by atoms with Crippen molar-refractivity contribution in [3.8, 4) is 0 Å². The predicted octanol–water partition coefficient (Wildman–Crippen LogP) is 2.34. The summed E-state index contributed by atoms with van der Waals surface area (Å²) in [5.41, 5.74) is 8.05. The highest BCUT2D eigenvalue weighted by atomic mass is 16.3. The van der Waals surface area contributed by atoms with Crippen LogP contribution in [0.1, 0.15) is 46.1 Å². The Morgan fingerprint density at radius 1 is 1.21 bits per heavy atom. The summed E-state index contributed by atoms with van der Waals surface area (Å²) in [5, 5.41) is 25.2. The third kappa shape index (κ3) is 5.56. The van der Waals surface area contributed by atoms with E-state index < -0.39 is 24.3 Å². The van der Waals surface area contributed by atoms with E-state index >= 15 is 0 Å². The van der Waals surface area contributed by atoms with Crippen LogP contribution < -0.4 is 11.1 Å². The van der Waals surface area contributed by atoms with E-state index in [1.807, 2.05) is 58.2 Å². The van der Waals surface area contributed by atoms with Gasteiger partial charge < -0.3 is 26.2 Å². The van der Waals surface area contributed by atoms with Crippen LogP contribution in [-0.2, 0) is 11.2 Å². The van der Waals surface area contributed by atoms with Crippen LogP contribution in [0.4, 0.5) is 0 Å². The van der Waals surface area contributed by atoms with Gasteiger partial charge in [-0.1, -0.05) is 52.3 Å². The molecule has 1 aromatic carbocycles. The first-order valence-corrected chi connectivity index (χ1v) is 10.2. The number of amides is 1. The highest BCUT2D eigenvalue weighted by Gasteiger charge is 2.31. The lowest BCUT2D eigenvalue weighted by Crippen LogP contribution is -2.55. The molecule has 1 unspecified atom stereocenters. The lowest BCUT2D eigenvalue weighted by molar-refractivity contribution is -0.125. The SMILES string of the molecule is CCC(C)[C@H](N)C(=O)N[C@@H](Cc1c[nH]c2ccccc12)[C@@H](O)[C@@H](O)CC(C)C. The van der Waals surface area contributed by atoms with Crippen LogP contribution in [0.15, 0.2) is 30.5 Å². The smallest absolute Gasteiger partial charge is 0.237 e. The van der Waals surface area contributed by atoms with Crippen molar-refractivity contribution >= 4 is 16.8 Å². The average Bonchev–Trinajstić information content (AvgIpc) is 3.07. The number of hydrogen-bond donors (Lipinski definition) is 5. The van der Waals surface area contributed by atoms with E-state index in [-0.39, 0.29) is 17.7 Å². The number of nitrogens with one attached hydrogen (secondary N) is 2. The summed E-state index contributed by atoms with van der Waals surface area (Å²) < 4.78 is 0. The zero-order valence-corrected chi connectivity index (χ0v) is 17.4. The second kappa shape index (κ2) is 10.0. The molecular formula is C22H35N3O3. The van der Waals surface area contributed by atoms with Gasteiger partial charge in [0.15, 0.2) is 0 Å². The molecule has 0 spiro atoms. The summed E-state index contributed by atoms with van der Waals surface area (Å²) in [6.07, 6.45) is 1.54. The Hall–Kier alpha value is -1.89. The number of nitrogens with two attached hydrogens (primary N) is 1. The van der Waals surface area contributed by atoms with E-state index in [0.29, 0.717) is 12.8 Å². The molecule has 0 saturated carbocycles. The van der Waals surface area contributed by atoms with Gasteiger partial charge in [-0.15, -0.1) is 0 Å². The van der Waals surface area contributed by atoms with E-state index in [9.17, 15) is 15.0 Å². The van der Waals surface area contributed by atoms with Crippen molar-refractivity contribution in [3.63, 3.8) is 0 Å². The molecule has 6 heteroatoms. The number of aromatic amines is 1. The normalized spacial score (nSPS) is 17.3. The van der Waals surface area contributed by atoms with Crippen LogP contribution in [0, 0.1) is 11.8 Å². The molecule has 2 rings (SSSR count). The number of para-hydroxylation sites is 1. The second-order valence-corrected chi connectivity index (χ2v) is 8.28. The minimum atomic E-state index is -1.08. The maximum Gasteiger partial charge on any atom is 0.237 e. The van der Waals surface area contributed by atoms with Crippen molar-refractivity contribution in [2.45, 2.75) is 71.2 Å². The van der Waals surface area contributed by atoms with Crippen molar-refractivity contribution in [1.82, 2.24) is 10.3 Å².